The molecule has 0 aliphatic rings. The minimum atomic E-state index is 0.418. The van der Waals surface area contributed by atoms with Gasteiger partial charge >= 0.3 is 5.69 Å². The number of rotatable bonds is 1. The van der Waals surface area contributed by atoms with E-state index >= 15 is 0 Å². The van der Waals surface area contributed by atoms with Crippen LogP contribution < -0.4 is 0 Å². The van der Waals surface area contributed by atoms with Crippen molar-refractivity contribution in [3.63, 3.8) is 0 Å². The lowest BCUT2D eigenvalue weighted by Gasteiger charge is -1.96. The minimum Gasteiger partial charge on any atom is -0.256 e. The summed E-state index contributed by atoms with van der Waals surface area (Å²) in [6.45, 7) is 0. The van der Waals surface area contributed by atoms with E-state index < -0.39 is 0 Å². The molecule has 0 atom stereocenters. The predicted molar refractivity (Wildman–Crippen MR) is 59.4 cm³/mol. The fourth-order valence-corrected chi connectivity index (χ4v) is 1.49. The van der Waals surface area contributed by atoms with Crippen molar-refractivity contribution < 1.29 is 0 Å². The Morgan fingerprint density at radius 2 is 2.07 bits per heavy atom. The van der Waals surface area contributed by atoms with Gasteiger partial charge in [-0.15, -0.1) is 0 Å². The molecule has 0 fully saturated rings. The molecule has 3 nitrogen and oxygen atoms in total. The largest absolute Gasteiger partial charge is 0.395 e. The third kappa shape index (κ3) is 1.95. The Morgan fingerprint density at radius 3 is 2.73 bits per heavy atom. The molecule has 0 aliphatic heterocycles. The molecule has 1 aromatic heterocycles. The van der Waals surface area contributed by atoms with Crippen molar-refractivity contribution in [2.45, 2.75) is 0 Å². The summed E-state index contributed by atoms with van der Waals surface area (Å²) in [7, 11) is 0. The van der Waals surface area contributed by atoms with Crippen LogP contribution in [0.3, 0.4) is 0 Å². The van der Waals surface area contributed by atoms with E-state index in [2.05, 4.69) is 9.96 Å². The highest BCUT2D eigenvalue weighted by Gasteiger charge is 2.16. The first-order valence-electron chi connectivity index (χ1n) is 4.37. The maximum Gasteiger partial charge on any atom is 0.395 e. The van der Waals surface area contributed by atoms with Crippen LogP contribution in [0.15, 0.2) is 42.6 Å². The molecule has 1 aromatic carbocycles. The maximum absolute atomic E-state index is 8.84. The minimum absolute atomic E-state index is 0.418. The van der Waals surface area contributed by atoms with Crippen LogP contribution in [-0.2, 0) is 0 Å². The summed E-state index contributed by atoms with van der Waals surface area (Å²) >= 11 is 5.79. The Balaban J connectivity index is 2.60. The topological polar surface area (TPSA) is 41.0 Å². The Kier molecular flexibility index (Phi) is 2.61. The SMILES string of the molecule is N#[N+]c1cc(Cl)ccc1-c1ccccn1. The first-order chi connectivity index (χ1) is 7.31. The highest BCUT2D eigenvalue weighted by molar-refractivity contribution is 6.31. The van der Waals surface area contributed by atoms with Gasteiger partial charge in [0.05, 0.1) is 17.3 Å². The second-order valence-corrected chi connectivity index (χ2v) is 3.41. The summed E-state index contributed by atoms with van der Waals surface area (Å²) in [4.78, 5) is 7.36. The molecule has 4 heteroatoms. The van der Waals surface area contributed by atoms with Gasteiger partial charge in [0.15, 0.2) is 4.98 Å². The number of nitrogens with zero attached hydrogens (tertiary/aromatic N) is 3. The van der Waals surface area contributed by atoms with E-state index in [4.69, 9.17) is 17.0 Å². The van der Waals surface area contributed by atoms with Crippen molar-refractivity contribution in [3.8, 4) is 11.3 Å². The van der Waals surface area contributed by atoms with E-state index in [9.17, 15) is 0 Å². The number of diazo groups is 1. The Hall–Kier alpha value is -1.92. The molecule has 0 unspecified atom stereocenters. The van der Waals surface area contributed by atoms with Crippen LogP contribution in [0.1, 0.15) is 0 Å². The molecular formula is C11H7ClN3+. The lowest BCUT2D eigenvalue weighted by Crippen LogP contribution is -1.81. The van der Waals surface area contributed by atoms with Gasteiger partial charge in [0.2, 0.25) is 5.39 Å². The Labute approximate surface area is 92.0 Å². The molecule has 2 aromatic rings. The third-order valence-electron chi connectivity index (χ3n) is 2.01. The van der Waals surface area contributed by atoms with Gasteiger partial charge in [0.25, 0.3) is 0 Å². The standard InChI is InChI=1S/C11H7ClN3/c12-8-4-5-9(11(7-8)15-13)10-3-1-2-6-14-10/h1-7H/q+1. The maximum atomic E-state index is 8.84. The molecule has 0 spiro atoms. The smallest absolute Gasteiger partial charge is 0.256 e. The summed E-state index contributed by atoms with van der Waals surface area (Å²) in [5.41, 5.74) is 1.92. The van der Waals surface area contributed by atoms with Crippen molar-refractivity contribution in [1.29, 1.82) is 5.39 Å². The highest BCUT2D eigenvalue weighted by atomic mass is 35.5. The molecule has 2 rings (SSSR count). The van der Waals surface area contributed by atoms with Crippen LogP contribution in [0.5, 0.6) is 0 Å². The van der Waals surface area contributed by atoms with Crippen molar-refractivity contribution in [2.24, 2.45) is 0 Å². The first kappa shape index (κ1) is 9.63. The van der Waals surface area contributed by atoms with Crippen molar-refractivity contribution in [3.05, 3.63) is 52.6 Å². The van der Waals surface area contributed by atoms with Gasteiger partial charge in [-0.05, 0) is 24.3 Å². The van der Waals surface area contributed by atoms with Gasteiger partial charge in [0.1, 0.15) is 0 Å². The molecule has 0 saturated heterocycles. The quantitative estimate of drug-likeness (QED) is 0.679. The summed E-state index contributed by atoms with van der Waals surface area (Å²) < 4.78 is 0. The predicted octanol–water partition coefficient (Wildman–Crippen LogP) is 3.89. The number of pyridine rings is 1. The Bertz CT molecular complexity index is 517. The van der Waals surface area contributed by atoms with Crippen molar-refractivity contribution in [2.75, 3.05) is 0 Å². The van der Waals surface area contributed by atoms with Crippen LogP contribution in [0.4, 0.5) is 5.69 Å². The molecular weight excluding hydrogens is 210 g/mol. The van der Waals surface area contributed by atoms with Gasteiger partial charge in [0, 0.05) is 11.2 Å². The average molecular weight is 217 g/mol. The Morgan fingerprint density at radius 1 is 1.20 bits per heavy atom. The normalized spacial score (nSPS) is 9.60. The summed E-state index contributed by atoms with van der Waals surface area (Å²) in [5.74, 6) is 0. The van der Waals surface area contributed by atoms with E-state index in [-0.39, 0.29) is 0 Å². The lowest BCUT2D eigenvalue weighted by atomic mass is 10.1. The van der Waals surface area contributed by atoms with Crippen LogP contribution >= 0.6 is 11.6 Å². The number of hydrogen-bond donors (Lipinski definition) is 0. The monoisotopic (exact) mass is 216 g/mol. The van der Waals surface area contributed by atoms with Gasteiger partial charge in [-0.3, -0.25) is 4.98 Å². The molecule has 0 aliphatic carbocycles. The second-order valence-electron chi connectivity index (χ2n) is 2.98. The third-order valence-corrected chi connectivity index (χ3v) is 2.24. The fourth-order valence-electron chi connectivity index (χ4n) is 1.33. The van der Waals surface area contributed by atoms with Crippen LogP contribution in [0.25, 0.3) is 16.2 Å². The molecule has 1 heterocycles. The van der Waals surface area contributed by atoms with Gasteiger partial charge in [-0.25, -0.2) is 0 Å². The number of benzene rings is 1. The average Bonchev–Trinajstić information content (AvgIpc) is 2.30. The zero-order chi connectivity index (χ0) is 10.7. The molecule has 72 valence electrons. The van der Waals surface area contributed by atoms with Crippen LogP contribution in [0.2, 0.25) is 5.02 Å². The number of hydrogen-bond acceptors (Lipinski definition) is 2. The van der Waals surface area contributed by atoms with E-state index in [0.717, 1.165) is 11.3 Å². The van der Waals surface area contributed by atoms with Crippen LogP contribution in [-0.4, -0.2) is 4.98 Å². The van der Waals surface area contributed by atoms with E-state index in [1.54, 1.807) is 24.4 Å². The van der Waals surface area contributed by atoms with Gasteiger partial charge in [-0.2, -0.15) is 0 Å². The number of halogens is 1. The first-order valence-corrected chi connectivity index (χ1v) is 4.75. The fraction of sp³-hybridized carbons (Fsp3) is 0. The molecule has 0 bridgehead atoms. The van der Waals surface area contributed by atoms with E-state index in [1.165, 1.54) is 0 Å². The van der Waals surface area contributed by atoms with E-state index in [1.807, 2.05) is 18.2 Å². The zero-order valence-corrected chi connectivity index (χ0v) is 8.52. The van der Waals surface area contributed by atoms with Crippen molar-refractivity contribution in [1.82, 2.24) is 4.98 Å². The summed E-state index contributed by atoms with van der Waals surface area (Å²) in [6, 6.07) is 10.6. The lowest BCUT2D eigenvalue weighted by molar-refractivity contribution is 1.32. The molecule has 0 N–H and O–H groups in total. The highest BCUT2D eigenvalue weighted by Crippen LogP contribution is 2.31. The molecule has 0 radical (unpaired) electrons. The molecule has 0 saturated carbocycles. The zero-order valence-electron chi connectivity index (χ0n) is 7.76. The second kappa shape index (κ2) is 4.07. The van der Waals surface area contributed by atoms with E-state index in [0.29, 0.717) is 10.7 Å². The van der Waals surface area contributed by atoms with Crippen LogP contribution in [0, 0.1) is 5.39 Å². The van der Waals surface area contributed by atoms with Gasteiger partial charge < -0.3 is 0 Å². The number of aromatic nitrogens is 1. The molecule has 0 amide bonds. The van der Waals surface area contributed by atoms with Crippen molar-refractivity contribution >= 4 is 17.3 Å². The summed E-state index contributed by atoms with van der Waals surface area (Å²) in [6.07, 6.45) is 1.69. The molecule has 15 heavy (non-hydrogen) atoms. The van der Waals surface area contributed by atoms with Gasteiger partial charge in [-0.1, -0.05) is 17.7 Å². The summed E-state index contributed by atoms with van der Waals surface area (Å²) in [5, 5.41) is 9.37.